The molecular formula is C15H23BrO4. The van der Waals surface area contributed by atoms with E-state index in [1.165, 1.54) is 0 Å². The summed E-state index contributed by atoms with van der Waals surface area (Å²) in [5.41, 5.74) is 1.12. The number of halogens is 1. The van der Waals surface area contributed by atoms with Gasteiger partial charge in [-0.25, -0.2) is 0 Å². The third-order valence-corrected chi connectivity index (χ3v) is 3.70. The smallest absolute Gasteiger partial charge is 0.0701 e. The molecule has 0 aliphatic rings. The van der Waals surface area contributed by atoms with E-state index in [0.717, 1.165) is 16.5 Å². The van der Waals surface area contributed by atoms with E-state index in [0.29, 0.717) is 33.0 Å². The summed E-state index contributed by atoms with van der Waals surface area (Å²) in [4.78, 5) is 0. The molecule has 1 aromatic carbocycles. The molecule has 0 saturated heterocycles. The van der Waals surface area contributed by atoms with Crippen molar-refractivity contribution in [1.29, 1.82) is 0 Å². The maximum Gasteiger partial charge on any atom is 0.0701 e. The van der Waals surface area contributed by atoms with Crippen molar-refractivity contribution in [2.45, 2.75) is 12.3 Å². The van der Waals surface area contributed by atoms with E-state index in [1.54, 1.807) is 7.11 Å². The summed E-state index contributed by atoms with van der Waals surface area (Å²) in [7, 11) is 1.65. The highest BCUT2D eigenvalue weighted by Crippen LogP contribution is 2.26. The molecule has 0 aliphatic carbocycles. The normalized spacial score (nSPS) is 12.6. The van der Waals surface area contributed by atoms with E-state index in [9.17, 15) is 5.11 Å². The van der Waals surface area contributed by atoms with Crippen LogP contribution < -0.4 is 0 Å². The van der Waals surface area contributed by atoms with Crippen molar-refractivity contribution < 1.29 is 19.3 Å². The Bertz CT molecular complexity index is 359. The van der Waals surface area contributed by atoms with Gasteiger partial charge in [0.1, 0.15) is 0 Å². The molecule has 5 heteroatoms. The van der Waals surface area contributed by atoms with Crippen LogP contribution in [0.2, 0.25) is 0 Å². The first-order valence-electron chi connectivity index (χ1n) is 6.79. The van der Waals surface area contributed by atoms with Gasteiger partial charge >= 0.3 is 0 Å². The lowest BCUT2D eigenvalue weighted by atomic mass is 9.97. The molecule has 114 valence electrons. The molecule has 0 aromatic heterocycles. The van der Waals surface area contributed by atoms with Crippen LogP contribution >= 0.6 is 15.9 Å². The molecule has 0 radical (unpaired) electrons. The summed E-state index contributed by atoms with van der Waals surface area (Å²) in [6.07, 6.45) is 0.789. The van der Waals surface area contributed by atoms with Gasteiger partial charge in [-0.15, -0.1) is 0 Å². The Morgan fingerprint density at radius 1 is 1.05 bits per heavy atom. The first kappa shape index (κ1) is 17.6. The van der Waals surface area contributed by atoms with Gasteiger partial charge in [0.05, 0.1) is 33.0 Å². The maximum absolute atomic E-state index is 9.49. The van der Waals surface area contributed by atoms with Crippen molar-refractivity contribution in [2.75, 3.05) is 46.8 Å². The lowest BCUT2D eigenvalue weighted by molar-refractivity contribution is 0.0223. The summed E-state index contributed by atoms with van der Waals surface area (Å²) < 4.78 is 16.7. The maximum atomic E-state index is 9.49. The monoisotopic (exact) mass is 346 g/mol. The van der Waals surface area contributed by atoms with Gasteiger partial charge in [-0.05, 0) is 18.1 Å². The van der Waals surface area contributed by atoms with Crippen molar-refractivity contribution in [3.05, 3.63) is 34.3 Å². The van der Waals surface area contributed by atoms with Crippen LogP contribution in [-0.2, 0) is 14.2 Å². The minimum atomic E-state index is 0.0972. The molecule has 0 spiro atoms. The van der Waals surface area contributed by atoms with E-state index < -0.39 is 0 Å². The molecule has 1 rings (SSSR count). The average molecular weight is 347 g/mol. The second kappa shape index (κ2) is 11.2. The van der Waals surface area contributed by atoms with Crippen molar-refractivity contribution in [3.63, 3.8) is 0 Å². The first-order valence-corrected chi connectivity index (χ1v) is 7.58. The molecule has 1 N–H and O–H groups in total. The number of aliphatic hydroxyl groups excluding tert-OH is 1. The molecular weight excluding hydrogens is 324 g/mol. The van der Waals surface area contributed by atoms with E-state index in [1.807, 2.05) is 24.3 Å². The van der Waals surface area contributed by atoms with Crippen LogP contribution in [0.1, 0.15) is 17.9 Å². The van der Waals surface area contributed by atoms with E-state index in [2.05, 4.69) is 15.9 Å². The average Bonchev–Trinajstić information content (AvgIpc) is 2.47. The zero-order valence-corrected chi connectivity index (χ0v) is 13.5. The fourth-order valence-corrected chi connectivity index (χ4v) is 2.45. The minimum Gasteiger partial charge on any atom is -0.396 e. The van der Waals surface area contributed by atoms with Crippen molar-refractivity contribution in [1.82, 2.24) is 0 Å². The molecule has 0 fully saturated rings. The Balaban J connectivity index is 2.18. The highest BCUT2D eigenvalue weighted by Gasteiger charge is 2.12. The number of hydrogen-bond acceptors (Lipinski definition) is 4. The Morgan fingerprint density at radius 2 is 1.70 bits per heavy atom. The highest BCUT2D eigenvalue weighted by molar-refractivity contribution is 9.10. The van der Waals surface area contributed by atoms with Crippen molar-refractivity contribution in [2.24, 2.45) is 0 Å². The lowest BCUT2D eigenvalue weighted by Gasteiger charge is -2.16. The molecule has 0 saturated carbocycles. The van der Waals surface area contributed by atoms with Crippen LogP contribution in [0.15, 0.2) is 28.7 Å². The number of benzene rings is 1. The predicted octanol–water partition coefficient (Wildman–Crippen LogP) is 2.59. The quantitative estimate of drug-likeness (QED) is 0.625. The van der Waals surface area contributed by atoms with E-state index >= 15 is 0 Å². The molecule has 0 aliphatic heterocycles. The zero-order chi connectivity index (χ0) is 14.6. The van der Waals surface area contributed by atoms with Gasteiger partial charge in [0, 0.05) is 24.1 Å². The van der Waals surface area contributed by atoms with Crippen molar-refractivity contribution in [3.8, 4) is 0 Å². The summed E-state index contributed by atoms with van der Waals surface area (Å²) in [5.74, 6) is 0.0972. The summed E-state index contributed by atoms with van der Waals surface area (Å²) in [6, 6.07) is 7.96. The lowest BCUT2D eigenvalue weighted by Crippen LogP contribution is -2.12. The van der Waals surface area contributed by atoms with Gasteiger partial charge in [0.25, 0.3) is 0 Å². The van der Waals surface area contributed by atoms with E-state index in [-0.39, 0.29) is 12.5 Å². The Morgan fingerprint density at radius 3 is 2.35 bits per heavy atom. The zero-order valence-electron chi connectivity index (χ0n) is 11.9. The molecule has 0 amide bonds. The molecule has 1 atom stereocenters. The first-order chi connectivity index (χ1) is 9.79. The highest BCUT2D eigenvalue weighted by atomic mass is 79.9. The van der Waals surface area contributed by atoms with Crippen LogP contribution in [-0.4, -0.2) is 51.9 Å². The fourth-order valence-electron chi connectivity index (χ4n) is 1.84. The Kier molecular flexibility index (Phi) is 9.87. The van der Waals surface area contributed by atoms with E-state index in [4.69, 9.17) is 14.2 Å². The molecule has 20 heavy (non-hydrogen) atoms. The summed E-state index contributed by atoms with van der Waals surface area (Å²) in [5, 5.41) is 9.49. The third-order valence-electron chi connectivity index (χ3n) is 2.98. The van der Waals surface area contributed by atoms with Gasteiger partial charge in [-0.1, -0.05) is 34.1 Å². The van der Waals surface area contributed by atoms with Gasteiger partial charge in [0.15, 0.2) is 0 Å². The van der Waals surface area contributed by atoms with Crippen LogP contribution in [0.25, 0.3) is 0 Å². The Labute approximate surface area is 129 Å². The number of rotatable bonds is 11. The Hall–Kier alpha value is -0.460. The predicted molar refractivity (Wildman–Crippen MR) is 82.1 cm³/mol. The van der Waals surface area contributed by atoms with Crippen LogP contribution in [0.4, 0.5) is 0 Å². The van der Waals surface area contributed by atoms with Gasteiger partial charge in [0.2, 0.25) is 0 Å². The number of hydrogen-bond donors (Lipinski definition) is 1. The molecule has 1 aromatic rings. The number of ether oxygens (including phenoxy) is 3. The largest absolute Gasteiger partial charge is 0.396 e. The second-order valence-corrected chi connectivity index (χ2v) is 5.26. The van der Waals surface area contributed by atoms with Crippen LogP contribution in [0, 0.1) is 0 Å². The van der Waals surface area contributed by atoms with Crippen LogP contribution in [0.5, 0.6) is 0 Å². The molecule has 0 heterocycles. The molecule has 4 nitrogen and oxygen atoms in total. The summed E-state index contributed by atoms with van der Waals surface area (Å²) in [6.45, 7) is 3.07. The summed E-state index contributed by atoms with van der Waals surface area (Å²) >= 11 is 3.51. The minimum absolute atomic E-state index is 0.0972. The fraction of sp³-hybridized carbons (Fsp3) is 0.600. The van der Waals surface area contributed by atoms with Crippen LogP contribution in [0.3, 0.4) is 0 Å². The SMILES string of the molecule is COCCOCCOCCC(CO)c1ccccc1Br. The van der Waals surface area contributed by atoms with Gasteiger partial charge in [-0.3, -0.25) is 0 Å². The molecule has 1 unspecified atom stereocenters. The standard InChI is InChI=1S/C15H23BrO4/c1-18-8-9-20-11-10-19-7-6-13(12-17)14-4-2-3-5-15(14)16/h2-5,13,17H,6-12H2,1H3. The second-order valence-electron chi connectivity index (χ2n) is 4.41. The molecule has 0 bridgehead atoms. The van der Waals surface area contributed by atoms with Crippen molar-refractivity contribution >= 4 is 15.9 Å². The topological polar surface area (TPSA) is 47.9 Å². The number of methoxy groups -OCH3 is 1. The van der Waals surface area contributed by atoms with Gasteiger partial charge in [-0.2, -0.15) is 0 Å². The van der Waals surface area contributed by atoms with Gasteiger partial charge < -0.3 is 19.3 Å². The third kappa shape index (κ3) is 6.81. The number of aliphatic hydroxyl groups is 1.